The fraction of sp³-hybridized carbons (Fsp3) is 0.188. The maximum absolute atomic E-state index is 2.70. The van der Waals surface area contributed by atoms with Gasteiger partial charge >= 0.3 is 0 Å². The van der Waals surface area contributed by atoms with E-state index in [0.717, 1.165) is 0 Å². The first kappa shape index (κ1) is 39.6. The van der Waals surface area contributed by atoms with Crippen LogP contribution in [0.1, 0.15) is 99.9 Å². The summed E-state index contributed by atoms with van der Waals surface area (Å²) in [5.41, 5.74) is 19.3. The second-order valence-corrected chi connectivity index (χ2v) is 25.7. The molecule has 0 atom stereocenters. The lowest BCUT2D eigenvalue weighted by atomic mass is 9.52. The minimum Gasteiger partial charge on any atom is -0.310 e. The van der Waals surface area contributed by atoms with Crippen molar-refractivity contribution in [2.24, 2.45) is 0 Å². The van der Waals surface area contributed by atoms with Gasteiger partial charge in [0.25, 0.3) is 0 Å². The third-order valence-electron chi connectivity index (χ3n) is 16.2. The van der Waals surface area contributed by atoms with Gasteiger partial charge in [0.2, 0.25) is 0 Å². The number of fused-ring (bicyclic) bond motifs is 19. The minimum atomic E-state index is -2.70. The Morgan fingerprint density at radius 3 is 1.38 bits per heavy atom. The van der Waals surface area contributed by atoms with Gasteiger partial charge in [0.1, 0.15) is 0 Å². The van der Waals surface area contributed by atoms with Crippen LogP contribution in [0.15, 0.2) is 188 Å². The molecule has 2 spiro atoms. The first-order valence-electron chi connectivity index (χ1n) is 23.9. The Hall–Kier alpha value is -6.74. The third kappa shape index (κ3) is 4.95. The highest BCUT2D eigenvalue weighted by molar-refractivity contribution is 7.24. The molecule has 4 aliphatic rings. The smallest absolute Gasteiger partial charge is 0.182 e. The van der Waals surface area contributed by atoms with Gasteiger partial charge in [0.05, 0.1) is 16.8 Å². The van der Waals surface area contributed by atoms with Crippen molar-refractivity contribution in [3.05, 3.63) is 233 Å². The molecule has 0 saturated heterocycles. The van der Waals surface area contributed by atoms with Gasteiger partial charge in [-0.05, 0) is 139 Å². The molecule has 3 heterocycles. The number of benzene rings is 9. The Morgan fingerprint density at radius 2 is 0.833 bits per heavy atom. The highest BCUT2D eigenvalue weighted by Gasteiger charge is 2.56. The first-order chi connectivity index (χ1) is 31.7. The molecule has 0 saturated carbocycles. The van der Waals surface area contributed by atoms with Gasteiger partial charge < -0.3 is 4.90 Å². The molecule has 2 heteroatoms. The Balaban J connectivity index is 1.16. The van der Waals surface area contributed by atoms with Gasteiger partial charge in [0.15, 0.2) is 8.07 Å². The van der Waals surface area contributed by atoms with Crippen LogP contribution in [0.2, 0.25) is 0 Å². The van der Waals surface area contributed by atoms with E-state index < -0.39 is 13.5 Å². The summed E-state index contributed by atoms with van der Waals surface area (Å²) in [6.07, 6.45) is 0. The quantitative estimate of drug-likeness (QED) is 0.149. The van der Waals surface area contributed by atoms with E-state index in [1.54, 1.807) is 0 Å². The predicted octanol–water partition coefficient (Wildman–Crippen LogP) is 13.6. The molecule has 320 valence electrons. The molecule has 1 aliphatic carbocycles. The van der Waals surface area contributed by atoms with Crippen molar-refractivity contribution in [2.75, 3.05) is 4.90 Å². The molecule has 1 nitrogen and oxygen atoms in total. The standard InChI is InChI=1S/C64H55NSi/c1-61(2,3)42-29-33-49-52(37-42)64(53-38-43(62(4,5)6)30-34-50(53)63(49,7)8)51-24-14-15-25-55(51)65(56-36-41-20-10-9-19-40(41)35-54(56)64)44-31-32-48-47-23-13-18-28-59(47)66(60(48)39-44)57-26-16-11-21-45(57)46-22-12-17-27-58(46)66/h9-39H,1-8H3. The number of rotatable bonds is 1. The van der Waals surface area contributed by atoms with Gasteiger partial charge in [-0.3, -0.25) is 0 Å². The second kappa shape index (κ2) is 13.2. The van der Waals surface area contributed by atoms with Crippen molar-refractivity contribution in [2.45, 2.75) is 77.0 Å². The average Bonchev–Trinajstić information content (AvgIpc) is 3.78. The summed E-state index contributed by atoms with van der Waals surface area (Å²) >= 11 is 0. The van der Waals surface area contributed by atoms with Crippen molar-refractivity contribution in [3.63, 3.8) is 0 Å². The zero-order chi connectivity index (χ0) is 45.1. The lowest BCUT2D eigenvalue weighted by molar-refractivity contribution is 0.539. The predicted molar refractivity (Wildman–Crippen MR) is 282 cm³/mol. The van der Waals surface area contributed by atoms with Crippen LogP contribution < -0.4 is 25.6 Å². The van der Waals surface area contributed by atoms with Gasteiger partial charge in [-0.1, -0.05) is 213 Å². The summed E-state index contributed by atoms with van der Waals surface area (Å²) in [4.78, 5) is 2.64. The molecule has 9 aromatic carbocycles. The number of para-hydroxylation sites is 1. The number of hydrogen-bond donors (Lipinski definition) is 0. The van der Waals surface area contributed by atoms with Crippen LogP contribution in [0, 0.1) is 0 Å². The van der Waals surface area contributed by atoms with Gasteiger partial charge in [-0.2, -0.15) is 0 Å². The minimum absolute atomic E-state index is 0.0420. The molecular formula is C64H55NSi. The number of nitrogens with zero attached hydrogens (tertiary/aromatic N) is 1. The molecule has 3 aliphatic heterocycles. The molecule has 13 rings (SSSR count). The molecule has 0 unspecified atom stereocenters. The van der Waals surface area contributed by atoms with Crippen LogP contribution in [-0.2, 0) is 21.7 Å². The van der Waals surface area contributed by atoms with E-state index in [9.17, 15) is 0 Å². The zero-order valence-corrected chi connectivity index (χ0v) is 40.3. The summed E-state index contributed by atoms with van der Waals surface area (Å²) in [5.74, 6) is 0. The van der Waals surface area contributed by atoms with Crippen molar-refractivity contribution in [1.29, 1.82) is 0 Å². The molecule has 0 fully saturated rings. The van der Waals surface area contributed by atoms with Crippen LogP contribution in [0.25, 0.3) is 33.0 Å². The Labute approximate surface area is 391 Å². The van der Waals surface area contributed by atoms with Crippen LogP contribution in [0.3, 0.4) is 0 Å². The van der Waals surface area contributed by atoms with E-state index in [1.807, 2.05) is 0 Å². The lowest BCUT2D eigenvalue weighted by Gasteiger charge is -2.53. The summed E-state index contributed by atoms with van der Waals surface area (Å²) in [6.45, 7) is 19.1. The van der Waals surface area contributed by atoms with E-state index in [1.165, 1.54) is 115 Å². The largest absolute Gasteiger partial charge is 0.310 e. The number of hydrogen-bond acceptors (Lipinski definition) is 1. The molecule has 0 N–H and O–H groups in total. The molecule has 0 radical (unpaired) electrons. The van der Waals surface area contributed by atoms with E-state index in [4.69, 9.17) is 0 Å². The molecule has 0 amide bonds. The summed E-state index contributed by atoms with van der Waals surface area (Å²) in [7, 11) is -2.70. The van der Waals surface area contributed by atoms with E-state index in [0.29, 0.717) is 0 Å². The number of anilines is 3. The van der Waals surface area contributed by atoms with Gasteiger partial charge in [0, 0.05) is 11.1 Å². The highest BCUT2D eigenvalue weighted by Crippen LogP contribution is 2.64. The fourth-order valence-electron chi connectivity index (χ4n) is 13.1. The SMILES string of the molecule is CC(C)(C)c1ccc2c(c1)C1(c3ccccc3N(c3ccc4c(c3)[Si]3(c5ccccc5-c5ccccc53)c3ccccc3-4)c3cc4ccccc4cc31)c1cc(C(C)(C)C)ccc1C2(C)C. The van der Waals surface area contributed by atoms with Crippen molar-refractivity contribution in [1.82, 2.24) is 0 Å². The average molecular weight is 866 g/mol. The first-order valence-corrected chi connectivity index (χ1v) is 25.9. The second-order valence-electron chi connectivity index (χ2n) is 22.1. The van der Waals surface area contributed by atoms with Crippen LogP contribution in [-0.4, -0.2) is 8.07 Å². The fourth-order valence-corrected chi connectivity index (χ4v) is 18.7. The van der Waals surface area contributed by atoms with E-state index >= 15 is 0 Å². The molecule has 0 bridgehead atoms. The van der Waals surface area contributed by atoms with Crippen molar-refractivity contribution in [3.8, 4) is 22.3 Å². The Kier molecular flexibility index (Phi) is 7.93. The summed E-state index contributed by atoms with van der Waals surface area (Å²) in [5, 5.41) is 8.50. The topological polar surface area (TPSA) is 3.24 Å². The zero-order valence-electron chi connectivity index (χ0n) is 39.3. The van der Waals surface area contributed by atoms with Crippen LogP contribution >= 0.6 is 0 Å². The van der Waals surface area contributed by atoms with Gasteiger partial charge in [-0.15, -0.1) is 0 Å². The molecule has 9 aromatic rings. The Bertz CT molecular complexity index is 3420. The van der Waals surface area contributed by atoms with Crippen molar-refractivity contribution < 1.29 is 0 Å². The Morgan fingerprint density at radius 1 is 0.364 bits per heavy atom. The summed E-state index contributed by atoms with van der Waals surface area (Å²) < 4.78 is 0. The lowest BCUT2D eigenvalue weighted by Crippen LogP contribution is -2.70. The van der Waals surface area contributed by atoms with Crippen molar-refractivity contribution >= 4 is 56.7 Å². The maximum atomic E-state index is 2.64. The molecule has 66 heavy (non-hydrogen) atoms. The summed E-state index contributed by atoms with van der Waals surface area (Å²) in [6, 6.07) is 73.9. The normalized spacial score (nSPS) is 16.2. The monoisotopic (exact) mass is 865 g/mol. The van der Waals surface area contributed by atoms with Gasteiger partial charge in [-0.25, -0.2) is 0 Å². The molecular weight excluding hydrogens is 811 g/mol. The maximum Gasteiger partial charge on any atom is 0.182 e. The van der Waals surface area contributed by atoms with E-state index in [-0.39, 0.29) is 16.2 Å². The van der Waals surface area contributed by atoms with Crippen LogP contribution in [0.4, 0.5) is 17.1 Å². The highest BCUT2D eigenvalue weighted by atomic mass is 28.3. The van der Waals surface area contributed by atoms with E-state index in [2.05, 4.69) is 248 Å². The third-order valence-corrected chi connectivity index (χ3v) is 21.2. The van der Waals surface area contributed by atoms with Crippen LogP contribution in [0.5, 0.6) is 0 Å². The molecule has 0 aromatic heterocycles.